The zero-order valence-electron chi connectivity index (χ0n) is 18.6. The fourth-order valence-electron chi connectivity index (χ4n) is 3.09. The number of carbonyl (C=O) groups excluding carboxylic acids is 2. The quantitative estimate of drug-likeness (QED) is 0.472. The number of carbonyl (C=O) groups is 2. The monoisotopic (exact) mass is 427 g/mol. The lowest BCUT2D eigenvalue weighted by Gasteiger charge is -2.21. The van der Waals surface area contributed by atoms with Crippen molar-refractivity contribution in [2.24, 2.45) is 0 Å². The molecule has 0 saturated heterocycles. The van der Waals surface area contributed by atoms with E-state index < -0.39 is 0 Å². The fraction of sp³-hybridized carbons (Fsp3) is 0.417. The minimum atomic E-state index is -0.200. The van der Waals surface area contributed by atoms with E-state index in [0.717, 1.165) is 31.6 Å². The molecule has 0 heterocycles. The van der Waals surface area contributed by atoms with Gasteiger partial charge in [-0.3, -0.25) is 9.59 Å². The van der Waals surface area contributed by atoms with Crippen LogP contribution in [0, 0.1) is 0 Å². The van der Waals surface area contributed by atoms with E-state index in [1.807, 2.05) is 29.2 Å². The average molecular weight is 428 g/mol. The second-order valence-corrected chi connectivity index (χ2v) is 7.14. The standard InChI is InChI=1S/C24H33N3O4/c1-4-12-27(13-5-2)24(29)19-8-6-10-21(16-19)26-23(28)18-25-20-9-7-11-22(17-20)31-15-14-30-3/h6-11,16-17,25H,4-5,12-15,18H2,1-3H3,(H,26,28). The molecule has 2 aromatic rings. The van der Waals surface area contributed by atoms with Gasteiger partial charge in [0.1, 0.15) is 12.4 Å². The van der Waals surface area contributed by atoms with Crippen LogP contribution in [0.4, 0.5) is 11.4 Å². The summed E-state index contributed by atoms with van der Waals surface area (Å²) >= 11 is 0. The van der Waals surface area contributed by atoms with Crippen molar-refractivity contribution in [2.45, 2.75) is 26.7 Å². The molecule has 2 rings (SSSR count). The van der Waals surface area contributed by atoms with Gasteiger partial charge in [0.2, 0.25) is 5.91 Å². The first kappa shape index (κ1) is 24.2. The van der Waals surface area contributed by atoms with Gasteiger partial charge in [0.25, 0.3) is 5.91 Å². The predicted octanol–water partition coefficient (Wildman–Crippen LogP) is 4.02. The first-order valence-corrected chi connectivity index (χ1v) is 10.7. The lowest BCUT2D eigenvalue weighted by atomic mass is 10.1. The van der Waals surface area contributed by atoms with Crippen LogP contribution in [0.3, 0.4) is 0 Å². The van der Waals surface area contributed by atoms with E-state index in [2.05, 4.69) is 24.5 Å². The van der Waals surface area contributed by atoms with Crippen LogP contribution in [-0.4, -0.2) is 56.7 Å². The largest absolute Gasteiger partial charge is 0.491 e. The normalized spacial score (nSPS) is 10.4. The van der Waals surface area contributed by atoms with Gasteiger partial charge in [-0.1, -0.05) is 26.0 Å². The third kappa shape index (κ3) is 8.30. The van der Waals surface area contributed by atoms with Gasteiger partial charge < -0.3 is 25.0 Å². The Morgan fingerprint density at radius 2 is 1.65 bits per heavy atom. The van der Waals surface area contributed by atoms with Crippen molar-refractivity contribution in [2.75, 3.05) is 50.6 Å². The summed E-state index contributed by atoms with van der Waals surface area (Å²) < 4.78 is 10.5. The Kier molecular flexibility index (Phi) is 10.4. The van der Waals surface area contributed by atoms with Crippen LogP contribution < -0.4 is 15.4 Å². The van der Waals surface area contributed by atoms with Crippen molar-refractivity contribution in [1.82, 2.24) is 4.90 Å². The first-order chi connectivity index (χ1) is 15.1. The molecule has 0 unspecified atom stereocenters. The maximum atomic E-state index is 12.8. The van der Waals surface area contributed by atoms with E-state index in [-0.39, 0.29) is 18.4 Å². The van der Waals surface area contributed by atoms with Crippen LogP contribution >= 0.6 is 0 Å². The van der Waals surface area contributed by atoms with Crippen molar-refractivity contribution in [3.05, 3.63) is 54.1 Å². The summed E-state index contributed by atoms with van der Waals surface area (Å²) in [5.41, 5.74) is 1.96. The molecule has 0 fully saturated rings. The number of nitrogens with zero attached hydrogens (tertiary/aromatic N) is 1. The number of benzene rings is 2. The highest BCUT2D eigenvalue weighted by atomic mass is 16.5. The molecule has 0 aliphatic rings. The van der Waals surface area contributed by atoms with Crippen LogP contribution in [0.1, 0.15) is 37.0 Å². The van der Waals surface area contributed by atoms with Crippen molar-refractivity contribution < 1.29 is 19.1 Å². The molecule has 0 aromatic heterocycles. The number of hydrogen-bond donors (Lipinski definition) is 2. The number of methoxy groups -OCH3 is 1. The molecule has 2 amide bonds. The Labute approximate surface area is 184 Å². The molecule has 0 spiro atoms. The molecule has 2 aromatic carbocycles. The number of amides is 2. The van der Waals surface area contributed by atoms with Gasteiger partial charge in [0.15, 0.2) is 0 Å². The topological polar surface area (TPSA) is 79.9 Å². The van der Waals surface area contributed by atoms with E-state index in [4.69, 9.17) is 9.47 Å². The Morgan fingerprint density at radius 1 is 0.935 bits per heavy atom. The van der Waals surface area contributed by atoms with Crippen molar-refractivity contribution >= 4 is 23.2 Å². The van der Waals surface area contributed by atoms with E-state index in [9.17, 15) is 9.59 Å². The highest BCUT2D eigenvalue weighted by Crippen LogP contribution is 2.17. The summed E-state index contributed by atoms with van der Waals surface area (Å²) in [6.45, 7) is 6.63. The van der Waals surface area contributed by atoms with E-state index in [1.54, 1.807) is 31.4 Å². The molecule has 7 nitrogen and oxygen atoms in total. The Morgan fingerprint density at radius 3 is 2.35 bits per heavy atom. The number of anilines is 2. The predicted molar refractivity (Wildman–Crippen MR) is 124 cm³/mol. The van der Waals surface area contributed by atoms with E-state index >= 15 is 0 Å². The molecule has 31 heavy (non-hydrogen) atoms. The van der Waals surface area contributed by atoms with Crippen LogP contribution in [0.15, 0.2) is 48.5 Å². The minimum absolute atomic E-state index is 0.0109. The highest BCUT2D eigenvalue weighted by Gasteiger charge is 2.15. The SMILES string of the molecule is CCCN(CCC)C(=O)c1cccc(NC(=O)CNc2cccc(OCCOC)c2)c1. The summed E-state index contributed by atoms with van der Waals surface area (Å²) in [5.74, 6) is 0.495. The van der Waals surface area contributed by atoms with Crippen molar-refractivity contribution in [1.29, 1.82) is 0 Å². The van der Waals surface area contributed by atoms with Gasteiger partial charge in [-0.25, -0.2) is 0 Å². The van der Waals surface area contributed by atoms with E-state index in [1.165, 1.54) is 0 Å². The second-order valence-electron chi connectivity index (χ2n) is 7.14. The van der Waals surface area contributed by atoms with Crippen molar-refractivity contribution in [3.63, 3.8) is 0 Å². The molecule has 7 heteroatoms. The Balaban J connectivity index is 1.92. The molecule has 0 aliphatic carbocycles. The zero-order valence-corrected chi connectivity index (χ0v) is 18.6. The third-order valence-corrected chi connectivity index (χ3v) is 4.51. The number of nitrogens with one attached hydrogen (secondary N) is 2. The van der Waals surface area contributed by atoms with Crippen molar-refractivity contribution in [3.8, 4) is 5.75 Å². The maximum Gasteiger partial charge on any atom is 0.253 e. The molecule has 0 atom stereocenters. The third-order valence-electron chi connectivity index (χ3n) is 4.51. The number of rotatable bonds is 13. The summed E-state index contributed by atoms with van der Waals surface area (Å²) in [7, 11) is 1.62. The lowest BCUT2D eigenvalue weighted by molar-refractivity contribution is -0.114. The summed E-state index contributed by atoms with van der Waals surface area (Å²) in [5, 5.41) is 5.93. The van der Waals surface area contributed by atoms with E-state index in [0.29, 0.717) is 30.2 Å². The maximum absolute atomic E-state index is 12.8. The van der Waals surface area contributed by atoms with Crippen LogP contribution in [0.25, 0.3) is 0 Å². The van der Waals surface area contributed by atoms with Crippen LogP contribution in [-0.2, 0) is 9.53 Å². The van der Waals surface area contributed by atoms with Crippen LogP contribution in [0.2, 0.25) is 0 Å². The first-order valence-electron chi connectivity index (χ1n) is 10.7. The molecule has 0 bridgehead atoms. The molecule has 2 N–H and O–H groups in total. The van der Waals surface area contributed by atoms with Gasteiger partial charge in [-0.05, 0) is 43.2 Å². The summed E-state index contributed by atoms with van der Waals surface area (Å²) in [6.07, 6.45) is 1.82. The van der Waals surface area contributed by atoms with Gasteiger partial charge >= 0.3 is 0 Å². The van der Waals surface area contributed by atoms with Gasteiger partial charge in [0.05, 0.1) is 13.2 Å². The van der Waals surface area contributed by atoms with Gasteiger partial charge in [-0.2, -0.15) is 0 Å². The molecule has 0 radical (unpaired) electrons. The zero-order chi connectivity index (χ0) is 22.5. The van der Waals surface area contributed by atoms with Gasteiger partial charge in [0, 0.05) is 43.2 Å². The minimum Gasteiger partial charge on any atom is -0.491 e. The van der Waals surface area contributed by atoms with Gasteiger partial charge in [-0.15, -0.1) is 0 Å². The molecule has 168 valence electrons. The molecular weight excluding hydrogens is 394 g/mol. The number of hydrogen-bond acceptors (Lipinski definition) is 5. The summed E-state index contributed by atoms with van der Waals surface area (Å²) in [6, 6.07) is 14.5. The van der Waals surface area contributed by atoms with Crippen LogP contribution in [0.5, 0.6) is 5.75 Å². The Bertz CT molecular complexity index is 835. The molecule has 0 saturated carbocycles. The Hall–Kier alpha value is -3.06. The number of ether oxygens (including phenoxy) is 2. The fourth-order valence-corrected chi connectivity index (χ4v) is 3.09. The lowest BCUT2D eigenvalue weighted by Crippen LogP contribution is -2.32. The molecular formula is C24H33N3O4. The smallest absolute Gasteiger partial charge is 0.253 e. The highest BCUT2D eigenvalue weighted by molar-refractivity contribution is 5.98. The second kappa shape index (κ2) is 13.3. The molecule has 0 aliphatic heterocycles. The summed E-state index contributed by atoms with van der Waals surface area (Å²) in [4.78, 5) is 27.0. The average Bonchev–Trinajstić information content (AvgIpc) is 2.78.